The minimum absolute atomic E-state index is 0.0841. The zero-order chi connectivity index (χ0) is 23.7. The highest BCUT2D eigenvalue weighted by Gasteiger charge is 2.33. The molecule has 2 heterocycles. The molecule has 0 bridgehead atoms. The summed E-state index contributed by atoms with van der Waals surface area (Å²) in [6.45, 7) is 0.508. The van der Waals surface area contributed by atoms with Gasteiger partial charge < -0.3 is 9.80 Å². The van der Waals surface area contributed by atoms with Crippen molar-refractivity contribution in [2.75, 3.05) is 31.1 Å². The predicted octanol–water partition coefficient (Wildman–Crippen LogP) is 4.44. The van der Waals surface area contributed by atoms with Crippen LogP contribution in [-0.4, -0.2) is 48.0 Å². The summed E-state index contributed by atoms with van der Waals surface area (Å²) >= 11 is 5.93. The fraction of sp³-hybridized carbons (Fsp3) is 0.316. The van der Waals surface area contributed by atoms with Gasteiger partial charge in [-0.2, -0.15) is 26.3 Å². The maximum absolute atomic E-state index is 12.8. The number of urea groups is 1. The van der Waals surface area contributed by atoms with Crippen LogP contribution in [0.25, 0.3) is 0 Å². The van der Waals surface area contributed by atoms with Crippen LogP contribution in [0.1, 0.15) is 21.5 Å². The average Bonchev–Trinajstić information content (AvgIpc) is 2.72. The first-order chi connectivity index (χ1) is 14.9. The second-order valence-electron chi connectivity index (χ2n) is 6.84. The van der Waals surface area contributed by atoms with E-state index in [4.69, 9.17) is 11.6 Å². The first-order valence-corrected chi connectivity index (χ1v) is 9.49. The Hall–Kier alpha value is -3.02. The number of hydrogen-bond donors (Lipinski definition) is 1. The van der Waals surface area contributed by atoms with Crippen molar-refractivity contribution < 1.29 is 35.9 Å². The van der Waals surface area contributed by atoms with Gasteiger partial charge in [0.1, 0.15) is 5.82 Å². The van der Waals surface area contributed by atoms with E-state index in [1.165, 1.54) is 4.90 Å². The van der Waals surface area contributed by atoms with Crippen molar-refractivity contribution in [1.29, 1.82) is 0 Å². The van der Waals surface area contributed by atoms with E-state index in [1.54, 1.807) is 4.90 Å². The monoisotopic (exact) mass is 480 g/mol. The molecule has 1 aliphatic rings. The number of pyridine rings is 1. The molecule has 0 radical (unpaired) electrons. The number of halogens is 7. The molecule has 0 atom stereocenters. The van der Waals surface area contributed by atoms with Crippen molar-refractivity contribution in [3.8, 4) is 0 Å². The zero-order valence-electron chi connectivity index (χ0n) is 16.1. The normalized spacial score (nSPS) is 15.0. The summed E-state index contributed by atoms with van der Waals surface area (Å²) in [6.07, 6.45) is -8.56. The number of nitrogens with one attached hydrogen (secondary N) is 1. The van der Waals surface area contributed by atoms with Gasteiger partial charge >= 0.3 is 18.4 Å². The molecule has 6 nitrogen and oxygen atoms in total. The molecule has 1 N–H and O–H groups in total. The lowest BCUT2D eigenvalue weighted by atomic mass is 10.1. The van der Waals surface area contributed by atoms with Gasteiger partial charge in [0.2, 0.25) is 0 Å². The summed E-state index contributed by atoms with van der Waals surface area (Å²) in [4.78, 5) is 31.1. The Bertz CT molecular complexity index is 1020. The van der Waals surface area contributed by atoms with Crippen molar-refractivity contribution in [2.45, 2.75) is 12.4 Å². The highest BCUT2D eigenvalue weighted by molar-refractivity contribution is 6.33. The van der Waals surface area contributed by atoms with Crippen LogP contribution in [0, 0.1) is 0 Å². The fourth-order valence-corrected chi connectivity index (χ4v) is 3.31. The number of benzene rings is 1. The minimum atomic E-state index is -4.63. The molecule has 0 saturated carbocycles. The Balaban J connectivity index is 1.60. The molecule has 0 unspecified atom stereocenters. The smallest absolute Gasteiger partial charge is 0.352 e. The predicted molar refractivity (Wildman–Crippen MR) is 102 cm³/mol. The Morgan fingerprint density at radius 3 is 2.12 bits per heavy atom. The zero-order valence-corrected chi connectivity index (χ0v) is 16.9. The summed E-state index contributed by atoms with van der Waals surface area (Å²) in [5.74, 6) is -0.865. The highest BCUT2D eigenvalue weighted by Crippen LogP contribution is 2.34. The molecular formula is C19H15ClF6N4O2. The molecule has 1 aromatic heterocycles. The third kappa shape index (κ3) is 5.42. The SMILES string of the molecule is O=C(NC(=O)N1CCN(c2ncc(C(F)(F)F)cc2Cl)CC1)c1cccc(C(F)(F)F)c1. The van der Waals surface area contributed by atoms with Gasteiger partial charge in [-0.1, -0.05) is 17.7 Å². The van der Waals surface area contributed by atoms with Gasteiger partial charge in [0.05, 0.1) is 16.1 Å². The lowest BCUT2D eigenvalue weighted by Crippen LogP contribution is -2.53. The molecule has 3 amide bonds. The first-order valence-electron chi connectivity index (χ1n) is 9.11. The van der Waals surface area contributed by atoms with Crippen LogP contribution in [0.3, 0.4) is 0 Å². The second kappa shape index (κ2) is 8.85. The summed E-state index contributed by atoms with van der Waals surface area (Å²) in [6, 6.07) is 3.60. The van der Waals surface area contributed by atoms with Crippen molar-refractivity contribution in [3.63, 3.8) is 0 Å². The van der Waals surface area contributed by atoms with Gasteiger partial charge in [-0.3, -0.25) is 10.1 Å². The van der Waals surface area contributed by atoms with Crippen LogP contribution in [-0.2, 0) is 12.4 Å². The topological polar surface area (TPSA) is 65.5 Å². The molecule has 0 spiro atoms. The Labute approximate surface area is 182 Å². The van der Waals surface area contributed by atoms with Gasteiger partial charge in [-0.15, -0.1) is 0 Å². The van der Waals surface area contributed by atoms with E-state index in [1.807, 2.05) is 5.32 Å². The molecule has 1 aliphatic heterocycles. The molecule has 2 aromatic rings. The van der Waals surface area contributed by atoms with E-state index >= 15 is 0 Å². The largest absolute Gasteiger partial charge is 0.417 e. The van der Waals surface area contributed by atoms with Crippen molar-refractivity contribution >= 4 is 29.4 Å². The number of anilines is 1. The minimum Gasteiger partial charge on any atom is -0.352 e. The maximum atomic E-state index is 12.8. The number of hydrogen-bond acceptors (Lipinski definition) is 4. The molecule has 1 saturated heterocycles. The van der Waals surface area contributed by atoms with Crippen LogP contribution in [0.5, 0.6) is 0 Å². The standard InChI is InChI=1S/C19H15ClF6N4O2/c20-14-9-13(19(24,25)26)10-27-15(14)29-4-6-30(7-5-29)17(32)28-16(31)11-2-1-3-12(8-11)18(21,22)23/h1-3,8-10H,4-7H2,(H,28,31,32). The number of imide groups is 1. The third-order valence-electron chi connectivity index (χ3n) is 4.69. The number of piperazine rings is 1. The van der Waals surface area contributed by atoms with E-state index in [0.29, 0.717) is 12.3 Å². The lowest BCUT2D eigenvalue weighted by molar-refractivity contribution is -0.138. The summed E-state index contributed by atoms with van der Waals surface area (Å²) in [7, 11) is 0. The van der Waals surface area contributed by atoms with E-state index in [2.05, 4.69) is 4.98 Å². The average molecular weight is 481 g/mol. The molecular weight excluding hydrogens is 466 g/mol. The van der Waals surface area contributed by atoms with Crippen molar-refractivity contribution in [1.82, 2.24) is 15.2 Å². The molecule has 172 valence electrons. The van der Waals surface area contributed by atoms with Crippen LogP contribution in [0.15, 0.2) is 36.5 Å². The van der Waals surface area contributed by atoms with Crippen molar-refractivity contribution in [3.05, 3.63) is 58.2 Å². The maximum Gasteiger partial charge on any atom is 0.417 e. The molecule has 1 fully saturated rings. The Morgan fingerprint density at radius 1 is 0.938 bits per heavy atom. The third-order valence-corrected chi connectivity index (χ3v) is 4.97. The van der Waals surface area contributed by atoms with Crippen LogP contribution < -0.4 is 10.2 Å². The number of amides is 3. The first kappa shape index (κ1) is 23.6. The number of alkyl halides is 6. The van der Waals surface area contributed by atoms with Gasteiger partial charge in [0, 0.05) is 37.9 Å². The molecule has 32 heavy (non-hydrogen) atoms. The number of nitrogens with zero attached hydrogens (tertiary/aromatic N) is 3. The molecule has 1 aromatic carbocycles. The Morgan fingerprint density at radius 2 is 1.56 bits per heavy atom. The van der Waals surface area contributed by atoms with E-state index in [0.717, 1.165) is 24.3 Å². The summed E-state index contributed by atoms with van der Waals surface area (Å²) in [5.41, 5.74) is -2.34. The van der Waals surface area contributed by atoms with E-state index < -0.39 is 35.4 Å². The van der Waals surface area contributed by atoms with E-state index in [-0.39, 0.29) is 42.6 Å². The number of aromatic nitrogens is 1. The molecule has 0 aliphatic carbocycles. The number of rotatable bonds is 2. The Kier molecular flexibility index (Phi) is 6.54. The summed E-state index contributed by atoms with van der Waals surface area (Å²) < 4.78 is 76.6. The fourth-order valence-electron chi connectivity index (χ4n) is 3.02. The summed E-state index contributed by atoms with van der Waals surface area (Å²) in [5, 5.41) is 1.83. The quantitative estimate of drug-likeness (QED) is 0.645. The van der Waals surface area contributed by atoms with Crippen LogP contribution >= 0.6 is 11.6 Å². The number of carbonyl (C=O) groups is 2. The van der Waals surface area contributed by atoms with Gasteiger partial charge in [0.15, 0.2) is 0 Å². The van der Waals surface area contributed by atoms with Crippen molar-refractivity contribution in [2.24, 2.45) is 0 Å². The van der Waals surface area contributed by atoms with Crippen LogP contribution in [0.2, 0.25) is 5.02 Å². The van der Waals surface area contributed by atoms with E-state index in [9.17, 15) is 35.9 Å². The number of carbonyl (C=O) groups excluding carboxylic acids is 2. The van der Waals surface area contributed by atoms with Gasteiger partial charge in [-0.25, -0.2) is 9.78 Å². The second-order valence-corrected chi connectivity index (χ2v) is 7.25. The van der Waals surface area contributed by atoms with Gasteiger partial charge in [-0.05, 0) is 24.3 Å². The molecule has 13 heteroatoms. The lowest BCUT2D eigenvalue weighted by Gasteiger charge is -2.35. The van der Waals surface area contributed by atoms with Crippen LogP contribution in [0.4, 0.5) is 37.0 Å². The molecule has 3 rings (SSSR count). The highest BCUT2D eigenvalue weighted by atomic mass is 35.5. The van der Waals surface area contributed by atoms with Gasteiger partial charge in [0.25, 0.3) is 5.91 Å².